The van der Waals surface area contributed by atoms with Gasteiger partial charge in [0.1, 0.15) is 0 Å². The average Bonchev–Trinajstić information content (AvgIpc) is 2.54. The molecular weight excluding hydrogens is 268 g/mol. The lowest BCUT2D eigenvalue weighted by Gasteiger charge is -2.22. The molecule has 2 atom stereocenters. The number of rotatable bonds is 9. The van der Waals surface area contributed by atoms with Crippen molar-refractivity contribution in [2.24, 2.45) is 0 Å². The summed E-state index contributed by atoms with van der Waals surface area (Å²) in [6, 6.07) is 10.2. The molecule has 0 saturated carbocycles. The Morgan fingerprint density at radius 2 is 2.05 bits per heavy atom. The molecule has 0 aromatic heterocycles. The summed E-state index contributed by atoms with van der Waals surface area (Å²) >= 11 is 0. The van der Waals surface area contributed by atoms with Gasteiger partial charge in [-0.05, 0) is 31.7 Å². The van der Waals surface area contributed by atoms with E-state index in [1.807, 2.05) is 25.1 Å². The van der Waals surface area contributed by atoms with Crippen molar-refractivity contribution in [3.63, 3.8) is 0 Å². The molecule has 0 unspecified atom stereocenters. The third-order valence-electron chi connectivity index (χ3n) is 3.40. The second-order valence-corrected chi connectivity index (χ2v) is 5.35. The highest BCUT2D eigenvalue weighted by molar-refractivity contribution is 5.13. The molecule has 1 aliphatic rings. The van der Waals surface area contributed by atoms with Gasteiger partial charge in [-0.15, -0.1) is 0 Å². The molecule has 0 radical (unpaired) electrons. The Bertz CT molecular complexity index is 362. The summed E-state index contributed by atoms with van der Waals surface area (Å²) < 4.78 is 22.4. The number of ether oxygens (including phenoxy) is 4. The van der Waals surface area contributed by atoms with Gasteiger partial charge in [0.15, 0.2) is 6.29 Å². The molecule has 4 heteroatoms. The molecule has 1 aromatic carbocycles. The van der Waals surface area contributed by atoms with Crippen LogP contribution in [0.5, 0.6) is 0 Å². The van der Waals surface area contributed by atoms with Crippen molar-refractivity contribution in [3.05, 3.63) is 35.9 Å². The minimum absolute atomic E-state index is 0.0332. The molecule has 0 bridgehead atoms. The van der Waals surface area contributed by atoms with E-state index in [4.69, 9.17) is 18.9 Å². The second kappa shape index (κ2) is 9.90. The Morgan fingerprint density at radius 3 is 2.81 bits per heavy atom. The molecule has 0 spiro atoms. The van der Waals surface area contributed by atoms with Crippen LogP contribution in [0.2, 0.25) is 0 Å². The van der Waals surface area contributed by atoms with Crippen molar-refractivity contribution >= 4 is 0 Å². The van der Waals surface area contributed by atoms with Gasteiger partial charge in [-0.1, -0.05) is 30.3 Å². The van der Waals surface area contributed by atoms with Gasteiger partial charge in [0.25, 0.3) is 0 Å². The van der Waals surface area contributed by atoms with Crippen LogP contribution in [0, 0.1) is 0 Å². The first-order valence-corrected chi connectivity index (χ1v) is 7.81. The predicted molar refractivity (Wildman–Crippen MR) is 81.1 cm³/mol. The highest BCUT2D eigenvalue weighted by atomic mass is 16.7. The van der Waals surface area contributed by atoms with E-state index in [2.05, 4.69) is 12.1 Å². The normalized spacial score (nSPS) is 20.3. The molecule has 0 amide bonds. The van der Waals surface area contributed by atoms with Crippen molar-refractivity contribution in [2.75, 3.05) is 26.4 Å². The number of hydrogen-bond donors (Lipinski definition) is 0. The van der Waals surface area contributed by atoms with Crippen molar-refractivity contribution in [2.45, 2.75) is 45.2 Å². The van der Waals surface area contributed by atoms with Gasteiger partial charge in [-0.3, -0.25) is 0 Å². The highest BCUT2D eigenvalue weighted by Crippen LogP contribution is 2.13. The molecule has 118 valence electrons. The van der Waals surface area contributed by atoms with E-state index >= 15 is 0 Å². The standard InChI is InChI=1S/C17H26O4/c1-15(21-14-16-7-3-2-4-8-16)13-18-11-12-20-17-9-5-6-10-19-17/h2-4,7-8,15,17H,5-6,9-14H2,1H3/t15-,17-/m1/s1. The van der Waals surface area contributed by atoms with Crippen LogP contribution in [0.25, 0.3) is 0 Å². The molecule has 0 aliphatic carbocycles. The lowest BCUT2D eigenvalue weighted by atomic mass is 10.2. The molecule has 21 heavy (non-hydrogen) atoms. The summed E-state index contributed by atoms with van der Waals surface area (Å²) in [5.74, 6) is 0. The number of hydrogen-bond acceptors (Lipinski definition) is 4. The van der Waals surface area contributed by atoms with Gasteiger partial charge in [0.05, 0.1) is 32.5 Å². The Labute approximate surface area is 127 Å². The van der Waals surface area contributed by atoms with Crippen LogP contribution >= 0.6 is 0 Å². The van der Waals surface area contributed by atoms with Gasteiger partial charge in [0.2, 0.25) is 0 Å². The Hall–Kier alpha value is -0.940. The summed E-state index contributed by atoms with van der Waals surface area (Å²) in [7, 11) is 0. The van der Waals surface area contributed by atoms with Crippen molar-refractivity contribution in [1.29, 1.82) is 0 Å². The van der Waals surface area contributed by atoms with Gasteiger partial charge in [0, 0.05) is 6.61 Å². The summed E-state index contributed by atoms with van der Waals surface area (Å²) in [6.45, 7) is 5.21. The third kappa shape index (κ3) is 7.05. The number of benzene rings is 1. The summed E-state index contributed by atoms with van der Waals surface area (Å²) in [6.07, 6.45) is 3.38. The largest absolute Gasteiger partial charge is 0.376 e. The van der Waals surface area contributed by atoms with Gasteiger partial charge < -0.3 is 18.9 Å². The van der Waals surface area contributed by atoms with Crippen molar-refractivity contribution in [3.8, 4) is 0 Å². The van der Waals surface area contributed by atoms with Gasteiger partial charge in [-0.2, -0.15) is 0 Å². The molecule has 2 rings (SSSR count). The first-order chi connectivity index (χ1) is 10.3. The fourth-order valence-electron chi connectivity index (χ4n) is 2.19. The van der Waals surface area contributed by atoms with Crippen LogP contribution in [0.15, 0.2) is 30.3 Å². The Morgan fingerprint density at radius 1 is 1.19 bits per heavy atom. The minimum Gasteiger partial charge on any atom is -0.376 e. The van der Waals surface area contributed by atoms with Crippen LogP contribution in [-0.2, 0) is 25.6 Å². The Kier molecular flexibility index (Phi) is 7.75. The zero-order valence-electron chi connectivity index (χ0n) is 12.8. The third-order valence-corrected chi connectivity index (χ3v) is 3.40. The summed E-state index contributed by atoms with van der Waals surface area (Å²) in [5, 5.41) is 0. The van der Waals surface area contributed by atoms with E-state index in [0.717, 1.165) is 19.4 Å². The minimum atomic E-state index is -0.0332. The zero-order chi connectivity index (χ0) is 14.8. The zero-order valence-corrected chi connectivity index (χ0v) is 12.8. The molecule has 1 heterocycles. The molecule has 1 aliphatic heterocycles. The van der Waals surface area contributed by atoms with E-state index < -0.39 is 0 Å². The maximum atomic E-state index is 5.73. The monoisotopic (exact) mass is 294 g/mol. The van der Waals surface area contributed by atoms with Crippen LogP contribution in [0.1, 0.15) is 31.7 Å². The molecule has 1 fully saturated rings. The lowest BCUT2D eigenvalue weighted by Crippen LogP contribution is -2.24. The Balaban J connectivity index is 1.46. The molecule has 0 N–H and O–H groups in total. The topological polar surface area (TPSA) is 36.9 Å². The van der Waals surface area contributed by atoms with Crippen molar-refractivity contribution in [1.82, 2.24) is 0 Å². The summed E-state index contributed by atoms with van der Waals surface area (Å²) in [4.78, 5) is 0. The first kappa shape index (κ1) is 16.4. The average molecular weight is 294 g/mol. The maximum Gasteiger partial charge on any atom is 0.157 e. The van der Waals surface area contributed by atoms with Crippen LogP contribution in [0.4, 0.5) is 0 Å². The predicted octanol–water partition coefficient (Wildman–Crippen LogP) is 3.15. The highest BCUT2D eigenvalue weighted by Gasteiger charge is 2.13. The van der Waals surface area contributed by atoms with Gasteiger partial charge in [-0.25, -0.2) is 0 Å². The molecule has 1 aromatic rings. The fourth-order valence-corrected chi connectivity index (χ4v) is 2.19. The SMILES string of the molecule is C[C@H](COCCO[C@@H]1CCCCO1)OCc1ccccc1. The molecular formula is C17H26O4. The fraction of sp³-hybridized carbons (Fsp3) is 0.647. The molecule has 1 saturated heterocycles. The lowest BCUT2D eigenvalue weighted by molar-refractivity contribution is -0.170. The van der Waals surface area contributed by atoms with Crippen LogP contribution in [-0.4, -0.2) is 38.8 Å². The quantitative estimate of drug-likeness (QED) is 0.656. The van der Waals surface area contributed by atoms with Crippen molar-refractivity contribution < 1.29 is 18.9 Å². The van der Waals surface area contributed by atoms with Crippen LogP contribution < -0.4 is 0 Å². The summed E-state index contributed by atoms with van der Waals surface area (Å²) in [5.41, 5.74) is 1.18. The second-order valence-electron chi connectivity index (χ2n) is 5.35. The van der Waals surface area contributed by atoms with E-state index in [-0.39, 0.29) is 12.4 Å². The van der Waals surface area contributed by atoms with Crippen LogP contribution in [0.3, 0.4) is 0 Å². The van der Waals surface area contributed by atoms with Gasteiger partial charge >= 0.3 is 0 Å². The van der Waals surface area contributed by atoms with E-state index in [0.29, 0.717) is 26.4 Å². The smallest absolute Gasteiger partial charge is 0.157 e. The van der Waals surface area contributed by atoms with E-state index in [1.54, 1.807) is 0 Å². The van der Waals surface area contributed by atoms with E-state index in [1.165, 1.54) is 12.0 Å². The van der Waals surface area contributed by atoms with E-state index in [9.17, 15) is 0 Å². The first-order valence-electron chi connectivity index (χ1n) is 7.81. The maximum absolute atomic E-state index is 5.73. The molecule has 4 nitrogen and oxygen atoms in total.